The van der Waals surface area contributed by atoms with Crippen molar-refractivity contribution < 1.29 is 33.4 Å². The minimum Gasteiger partial charge on any atom is -0.445 e. The Morgan fingerprint density at radius 3 is 1.91 bits per heavy atom. The number of ether oxygens (including phenoxy) is 2. The summed E-state index contributed by atoms with van der Waals surface area (Å²) in [5.74, 6) is -1.31. The number of hydrogen-bond donors (Lipinski definition) is 2. The van der Waals surface area contributed by atoms with E-state index in [9.17, 15) is 24.0 Å². The first-order valence-corrected chi connectivity index (χ1v) is 14.6. The number of carbonyl (C=O) groups excluding carboxylic acids is 5. The summed E-state index contributed by atoms with van der Waals surface area (Å²) in [7, 11) is 0. The lowest BCUT2D eigenvalue weighted by Gasteiger charge is -2.33. The number of fused-ring (bicyclic) bond motifs is 1. The highest BCUT2D eigenvalue weighted by atomic mass is 16.6. The number of amides is 6. The normalized spacial score (nSPS) is 12.3. The molecular formula is C33H37N5O7. The topological polar surface area (TPSA) is 138 Å². The average molecular weight is 616 g/mol. The van der Waals surface area contributed by atoms with Gasteiger partial charge in [0.05, 0.1) is 17.7 Å². The molecule has 0 radical (unpaired) electrons. The summed E-state index contributed by atoms with van der Waals surface area (Å²) >= 11 is 0. The molecule has 12 heteroatoms. The van der Waals surface area contributed by atoms with Crippen LogP contribution in [0.3, 0.4) is 0 Å². The van der Waals surface area contributed by atoms with Gasteiger partial charge in [-0.05, 0) is 56.9 Å². The van der Waals surface area contributed by atoms with Crippen LogP contribution in [0.25, 0.3) is 0 Å². The fraction of sp³-hybridized carbons (Fsp3) is 0.303. The molecule has 1 heterocycles. The van der Waals surface area contributed by atoms with Gasteiger partial charge in [-0.1, -0.05) is 72.8 Å². The number of rotatable bonds is 10. The second kappa shape index (κ2) is 14.9. The molecule has 236 valence electrons. The number of urea groups is 1. The maximum atomic E-state index is 13.8. The quantitative estimate of drug-likeness (QED) is 0.180. The number of imide groups is 1. The molecule has 0 saturated carbocycles. The van der Waals surface area contributed by atoms with Gasteiger partial charge in [0.2, 0.25) is 0 Å². The lowest BCUT2D eigenvalue weighted by molar-refractivity contribution is 0.000563. The largest absolute Gasteiger partial charge is 0.445 e. The van der Waals surface area contributed by atoms with E-state index >= 15 is 0 Å². The molecule has 0 bridgehead atoms. The third-order valence-corrected chi connectivity index (χ3v) is 6.56. The molecule has 0 saturated heterocycles. The first kappa shape index (κ1) is 32.5. The number of benzene rings is 3. The van der Waals surface area contributed by atoms with Gasteiger partial charge < -0.3 is 14.8 Å². The van der Waals surface area contributed by atoms with Crippen LogP contribution in [0.2, 0.25) is 0 Å². The van der Waals surface area contributed by atoms with Crippen LogP contribution in [0.4, 0.5) is 14.4 Å². The average Bonchev–Trinajstić information content (AvgIpc) is 3.27. The first-order valence-electron chi connectivity index (χ1n) is 14.6. The van der Waals surface area contributed by atoms with Gasteiger partial charge in [0.1, 0.15) is 12.2 Å². The van der Waals surface area contributed by atoms with Crippen molar-refractivity contribution in [2.45, 2.75) is 52.4 Å². The van der Waals surface area contributed by atoms with Crippen LogP contribution < -0.4 is 10.7 Å². The van der Waals surface area contributed by atoms with Gasteiger partial charge in [-0.15, -0.1) is 0 Å². The second-order valence-corrected chi connectivity index (χ2v) is 11.3. The Balaban J connectivity index is 1.42. The van der Waals surface area contributed by atoms with Gasteiger partial charge in [-0.3, -0.25) is 9.59 Å². The van der Waals surface area contributed by atoms with E-state index in [1.54, 1.807) is 63.2 Å². The van der Waals surface area contributed by atoms with Gasteiger partial charge in [-0.2, -0.15) is 5.01 Å². The van der Waals surface area contributed by atoms with E-state index in [1.807, 2.05) is 30.3 Å². The minimum absolute atomic E-state index is 0.0166. The van der Waals surface area contributed by atoms with Crippen LogP contribution in [0.15, 0.2) is 84.9 Å². The van der Waals surface area contributed by atoms with Gasteiger partial charge >= 0.3 is 18.2 Å². The summed E-state index contributed by atoms with van der Waals surface area (Å²) in [4.78, 5) is 65.6. The zero-order chi connectivity index (χ0) is 32.4. The molecular weight excluding hydrogens is 578 g/mol. The molecule has 0 unspecified atom stereocenters. The van der Waals surface area contributed by atoms with Crippen molar-refractivity contribution in [1.82, 2.24) is 25.8 Å². The monoisotopic (exact) mass is 615 g/mol. The Morgan fingerprint density at radius 2 is 1.33 bits per heavy atom. The molecule has 3 aromatic rings. The van der Waals surface area contributed by atoms with Crippen molar-refractivity contribution >= 4 is 30.0 Å². The maximum absolute atomic E-state index is 13.8. The van der Waals surface area contributed by atoms with Crippen LogP contribution >= 0.6 is 0 Å². The van der Waals surface area contributed by atoms with E-state index in [2.05, 4.69) is 10.7 Å². The van der Waals surface area contributed by atoms with Crippen LogP contribution in [0.5, 0.6) is 0 Å². The summed E-state index contributed by atoms with van der Waals surface area (Å²) in [6, 6.07) is 23.6. The summed E-state index contributed by atoms with van der Waals surface area (Å²) < 4.78 is 10.7. The number of unbranched alkanes of at least 4 members (excludes halogenated alkanes) is 1. The zero-order valence-corrected chi connectivity index (χ0v) is 25.5. The van der Waals surface area contributed by atoms with E-state index < -0.39 is 35.6 Å². The molecule has 6 amide bonds. The number of nitrogens with one attached hydrogen (secondary N) is 2. The maximum Gasteiger partial charge on any atom is 0.429 e. The van der Waals surface area contributed by atoms with Crippen molar-refractivity contribution in [3.05, 3.63) is 107 Å². The van der Waals surface area contributed by atoms with E-state index in [0.29, 0.717) is 18.4 Å². The Kier molecular flexibility index (Phi) is 10.7. The molecule has 45 heavy (non-hydrogen) atoms. The van der Waals surface area contributed by atoms with Crippen molar-refractivity contribution in [2.75, 3.05) is 13.1 Å². The summed E-state index contributed by atoms with van der Waals surface area (Å²) in [5, 5.41) is 5.42. The molecule has 0 atom stereocenters. The predicted octanol–water partition coefficient (Wildman–Crippen LogP) is 5.27. The Bertz CT molecular complexity index is 1470. The molecule has 1 aliphatic rings. The third-order valence-electron chi connectivity index (χ3n) is 6.56. The molecule has 0 aliphatic carbocycles. The number of nitrogens with zero attached hydrogens (tertiary/aromatic N) is 3. The van der Waals surface area contributed by atoms with E-state index in [0.717, 1.165) is 20.6 Å². The smallest absolute Gasteiger partial charge is 0.429 e. The lowest BCUT2D eigenvalue weighted by Crippen LogP contribution is -2.58. The summed E-state index contributed by atoms with van der Waals surface area (Å²) in [5.41, 5.74) is 3.52. The number of hydrazine groups is 2. The van der Waals surface area contributed by atoms with Crippen LogP contribution in [0, 0.1) is 0 Å². The molecule has 1 aliphatic heterocycles. The van der Waals surface area contributed by atoms with Gasteiger partial charge in [0.15, 0.2) is 0 Å². The fourth-order valence-corrected chi connectivity index (χ4v) is 4.43. The van der Waals surface area contributed by atoms with E-state index in [4.69, 9.17) is 9.47 Å². The van der Waals surface area contributed by atoms with Crippen molar-refractivity contribution in [3.8, 4) is 0 Å². The van der Waals surface area contributed by atoms with Crippen molar-refractivity contribution in [2.24, 2.45) is 0 Å². The Morgan fingerprint density at radius 1 is 0.778 bits per heavy atom. The molecule has 0 aromatic heterocycles. The predicted molar refractivity (Wildman–Crippen MR) is 164 cm³/mol. The minimum atomic E-state index is -0.887. The molecule has 0 spiro atoms. The third kappa shape index (κ3) is 9.05. The Labute approximate surface area is 261 Å². The highest BCUT2D eigenvalue weighted by Crippen LogP contribution is 2.25. The lowest BCUT2D eigenvalue weighted by atomic mass is 10.1. The van der Waals surface area contributed by atoms with E-state index in [-0.39, 0.29) is 37.4 Å². The molecule has 2 N–H and O–H groups in total. The van der Waals surface area contributed by atoms with Crippen molar-refractivity contribution in [3.63, 3.8) is 0 Å². The number of hydrogen-bond acceptors (Lipinski definition) is 7. The second-order valence-electron chi connectivity index (χ2n) is 11.3. The van der Waals surface area contributed by atoms with Crippen LogP contribution in [-0.4, -0.2) is 63.7 Å². The number of alkyl carbamates (subject to hydrolysis) is 1. The first-order chi connectivity index (χ1) is 21.5. The SMILES string of the molecule is CC(C)(C)OC(=O)N(CCCCNC(=O)OCc1ccccc1)NC(=O)N(Cc1ccccc1)N1C(=O)c2ccccc2C1=O. The highest BCUT2D eigenvalue weighted by molar-refractivity contribution is 6.21. The van der Waals surface area contributed by atoms with Gasteiger partial charge in [0.25, 0.3) is 11.8 Å². The molecule has 3 aromatic carbocycles. The fourth-order valence-electron chi connectivity index (χ4n) is 4.43. The zero-order valence-electron chi connectivity index (χ0n) is 25.5. The summed E-state index contributed by atoms with van der Waals surface area (Å²) in [6.45, 7) is 5.36. The molecule has 4 rings (SSSR count). The number of carbonyl (C=O) groups is 5. The molecule has 0 fully saturated rings. The standard InChI is InChI=1S/C33H37N5O7/c1-33(2,3)45-32(43)36(21-13-12-20-34-31(42)44-23-25-16-8-5-9-17-25)35-30(41)37(22-24-14-6-4-7-15-24)38-28(39)26-18-10-11-19-27(26)29(38)40/h4-11,14-19H,12-13,20-23H2,1-3H3,(H,34,42)(H,35,41). The van der Waals surface area contributed by atoms with Crippen molar-refractivity contribution in [1.29, 1.82) is 0 Å². The van der Waals surface area contributed by atoms with Gasteiger partial charge in [-0.25, -0.2) is 29.8 Å². The van der Waals surface area contributed by atoms with Crippen LogP contribution in [-0.2, 0) is 22.6 Å². The highest BCUT2D eigenvalue weighted by Gasteiger charge is 2.42. The van der Waals surface area contributed by atoms with Gasteiger partial charge in [0, 0.05) is 13.1 Å². The Hall–Kier alpha value is -5.39. The van der Waals surface area contributed by atoms with Crippen LogP contribution in [0.1, 0.15) is 65.5 Å². The molecule has 12 nitrogen and oxygen atoms in total. The summed E-state index contributed by atoms with van der Waals surface area (Å²) in [6.07, 6.45) is -0.590. The van der Waals surface area contributed by atoms with E-state index in [1.165, 1.54) is 12.1 Å².